The average Bonchev–Trinajstić information content (AvgIpc) is 2.96. The van der Waals surface area contributed by atoms with Gasteiger partial charge >= 0.3 is 11.9 Å². The number of allylic oxidation sites excluding steroid dienone is 4. The summed E-state index contributed by atoms with van der Waals surface area (Å²) in [6.45, 7) is 15.0. The summed E-state index contributed by atoms with van der Waals surface area (Å²) in [6.07, 6.45) is 5.20. The van der Waals surface area contributed by atoms with E-state index in [1.165, 1.54) is 12.2 Å². The van der Waals surface area contributed by atoms with Crippen LogP contribution < -0.4 is 0 Å². The quantitative estimate of drug-likeness (QED) is 0.0939. The maximum Gasteiger partial charge on any atom is 0.331 e. The van der Waals surface area contributed by atoms with Gasteiger partial charge in [-0.15, -0.1) is 0 Å². The molecule has 270 valence electrons. The van der Waals surface area contributed by atoms with E-state index in [-0.39, 0.29) is 30.8 Å². The van der Waals surface area contributed by atoms with Gasteiger partial charge in [0.2, 0.25) is 0 Å². The lowest BCUT2D eigenvalue weighted by Gasteiger charge is -2.71. The summed E-state index contributed by atoms with van der Waals surface area (Å²) in [5, 5.41) is 46.5. The largest absolute Gasteiger partial charge is 0.462 e. The van der Waals surface area contributed by atoms with Gasteiger partial charge in [0.05, 0.1) is 36.9 Å². The molecule has 48 heavy (non-hydrogen) atoms. The third kappa shape index (κ3) is 5.58. The van der Waals surface area contributed by atoms with Crippen LogP contribution in [0.1, 0.15) is 100 Å². The molecule has 5 rings (SSSR count). The molecular weight excluding hydrogens is 649 g/mol. The van der Waals surface area contributed by atoms with Gasteiger partial charge < -0.3 is 29.9 Å². The Kier molecular flexibility index (Phi) is 10.1. The predicted octanol–water partition coefficient (Wildman–Crippen LogP) is 5.38. The van der Waals surface area contributed by atoms with Crippen LogP contribution in [0.15, 0.2) is 34.9 Å². The SMILES string of the molecule is CC(C)=CC(=O)OC[C@]1(C)C2CC[C@]3(S)C(CC=C4C5CC(C)(C)[C@@H](O)[C@H](OC(=O)C=C(C)C)[C@]5(CO)[C@H](O)C[C@]43C)[C@@]2(S)CC[C@@H]1O. The smallest absolute Gasteiger partial charge is 0.331 e. The molecule has 12 atom stereocenters. The summed E-state index contributed by atoms with van der Waals surface area (Å²) in [5.41, 5.74) is -0.565. The standard InChI is InChI=1S/C38H58O8S2/c1-21(2)15-29(42)45-20-34(7)25-11-14-38(48)26(37(25,47)13-12-27(34)40)10-9-23-24-17-33(5,6)31(44)32(46-30(43)16-22(3)4)36(24,19-39)28(41)18-35(23,38)8/h9,15-16,24-28,31-32,39-41,44,47-48H,10-14,17-20H2,1-8H3/t24?,25?,26?,27-,28+,31-,32-,34+,35+,36-,37+,38-/m0/s1. The first kappa shape index (κ1) is 37.9. The van der Waals surface area contributed by atoms with Gasteiger partial charge in [-0.3, -0.25) is 0 Å². The monoisotopic (exact) mass is 706 g/mol. The topological polar surface area (TPSA) is 134 Å². The second kappa shape index (κ2) is 12.7. The molecule has 0 aliphatic heterocycles. The van der Waals surface area contributed by atoms with Gasteiger partial charge in [0.25, 0.3) is 0 Å². The Morgan fingerprint density at radius 3 is 2.12 bits per heavy atom. The zero-order valence-corrected chi connectivity index (χ0v) is 31.7. The van der Waals surface area contributed by atoms with Crippen molar-refractivity contribution in [2.24, 2.45) is 39.4 Å². The molecule has 0 heterocycles. The van der Waals surface area contributed by atoms with Crippen LogP contribution in [-0.2, 0) is 19.1 Å². The van der Waals surface area contributed by atoms with E-state index < -0.39 is 74.1 Å². The lowest BCUT2D eigenvalue weighted by atomic mass is 9.39. The molecule has 4 saturated carbocycles. The third-order valence-corrected chi connectivity index (χ3v) is 15.5. The number of aliphatic hydroxyl groups is 4. The molecular formula is C38H58O8S2. The first-order chi connectivity index (χ1) is 22.1. The highest BCUT2D eigenvalue weighted by molar-refractivity contribution is 7.83. The van der Waals surface area contributed by atoms with Gasteiger partial charge in [-0.05, 0) is 95.8 Å². The van der Waals surface area contributed by atoms with E-state index in [4.69, 9.17) is 34.7 Å². The number of aliphatic hydroxyl groups excluding tert-OH is 4. The van der Waals surface area contributed by atoms with E-state index >= 15 is 0 Å². The van der Waals surface area contributed by atoms with Crippen LogP contribution in [0.5, 0.6) is 0 Å². The minimum atomic E-state index is -1.29. The van der Waals surface area contributed by atoms with Crippen molar-refractivity contribution < 1.29 is 39.5 Å². The molecule has 0 saturated heterocycles. The number of carbonyl (C=O) groups excluding carboxylic acids is 2. The van der Waals surface area contributed by atoms with Crippen LogP contribution in [0.4, 0.5) is 0 Å². The van der Waals surface area contributed by atoms with Gasteiger partial charge in [-0.25, -0.2) is 9.59 Å². The molecule has 0 spiro atoms. The maximum absolute atomic E-state index is 13.0. The zero-order chi connectivity index (χ0) is 35.8. The average molecular weight is 707 g/mol. The lowest BCUT2D eigenvalue weighted by molar-refractivity contribution is -0.248. The van der Waals surface area contributed by atoms with Crippen LogP contribution in [0.25, 0.3) is 0 Å². The Bertz CT molecular complexity index is 1400. The Hall–Kier alpha value is -1.30. The fourth-order valence-corrected chi connectivity index (χ4v) is 12.6. The highest BCUT2D eigenvalue weighted by Gasteiger charge is 2.74. The van der Waals surface area contributed by atoms with Crippen LogP contribution >= 0.6 is 25.3 Å². The van der Waals surface area contributed by atoms with Crippen molar-refractivity contribution in [1.82, 2.24) is 0 Å². The number of hydrogen-bond donors (Lipinski definition) is 6. The van der Waals surface area contributed by atoms with Crippen molar-refractivity contribution in [3.8, 4) is 0 Å². The van der Waals surface area contributed by atoms with Gasteiger partial charge in [0.15, 0.2) is 0 Å². The van der Waals surface area contributed by atoms with E-state index in [2.05, 4.69) is 13.0 Å². The fourth-order valence-electron chi connectivity index (χ4n) is 10.9. The first-order valence-electron chi connectivity index (χ1n) is 17.6. The molecule has 3 unspecified atom stereocenters. The van der Waals surface area contributed by atoms with E-state index in [0.717, 1.165) is 16.7 Å². The normalized spacial score (nSPS) is 46.0. The number of rotatable bonds is 6. The molecule has 5 aliphatic rings. The maximum atomic E-state index is 13.0. The molecule has 10 heteroatoms. The highest BCUT2D eigenvalue weighted by Crippen LogP contribution is 2.73. The van der Waals surface area contributed by atoms with Crippen molar-refractivity contribution >= 4 is 37.2 Å². The number of hydrogen-bond acceptors (Lipinski definition) is 10. The highest BCUT2D eigenvalue weighted by atomic mass is 32.1. The third-order valence-electron chi connectivity index (χ3n) is 13.6. The Labute approximate surface area is 297 Å². The minimum absolute atomic E-state index is 0.0215. The number of ether oxygens (including phenoxy) is 2. The van der Waals surface area contributed by atoms with E-state index in [1.807, 2.05) is 34.6 Å². The van der Waals surface area contributed by atoms with Crippen molar-refractivity contribution in [2.45, 2.75) is 134 Å². The van der Waals surface area contributed by atoms with Gasteiger partial charge in [0.1, 0.15) is 6.10 Å². The summed E-state index contributed by atoms with van der Waals surface area (Å²) in [7, 11) is 0. The molecule has 0 aromatic heterocycles. The molecule has 8 nitrogen and oxygen atoms in total. The van der Waals surface area contributed by atoms with Crippen molar-refractivity contribution in [3.63, 3.8) is 0 Å². The summed E-state index contributed by atoms with van der Waals surface area (Å²) >= 11 is 11.2. The van der Waals surface area contributed by atoms with Crippen molar-refractivity contribution in [3.05, 3.63) is 34.9 Å². The lowest BCUT2D eigenvalue weighted by Crippen LogP contribution is -2.74. The van der Waals surface area contributed by atoms with E-state index in [0.29, 0.717) is 38.5 Å². The summed E-state index contributed by atoms with van der Waals surface area (Å²) in [6, 6.07) is 0. The second-order valence-corrected chi connectivity index (χ2v) is 19.1. The van der Waals surface area contributed by atoms with Crippen LogP contribution in [0, 0.1) is 39.4 Å². The molecule has 4 fully saturated rings. The number of esters is 2. The molecule has 4 N–H and O–H groups in total. The molecule has 0 radical (unpaired) electrons. The summed E-state index contributed by atoms with van der Waals surface area (Å²) in [4.78, 5) is 25.6. The molecule has 5 aliphatic carbocycles. The Morgan fingerprint density at radius 2 is 1.52 bits per heavy atom. The molecule has 0 aromatic rings. The minimum Gasteiger partial charge on any atom is -0.462 e. The van der Waals surface area contributed by atoms with Crippen molar-refractivity contribution in [1.29, 1.82) is 0 Å². The second-order valence-electron chi connectivity index (χ2n) is 17.4. The van der Waals surface area contributed by atoms with Crippen LogP contribution in [0.3, 0.4) is 0 Å². The predicted molar refractivity (Wildman–Crippen MR) is 192 cm³/mol. The van der Waals surface area contributed by atoms with E-state index in [1.54, 1.807) is 13.8 Å². The van der Waals surface area contributed by atoms with Gasteiger partial charge in [-0.1, -0.05) is 50.5 Å². The van der Waals surface area contributed by atoms with E-state index in [9.17, 15) is 30.0 Å². The van der Waals surface area contributed by atoms with Crippen molar-refractivity contribution in [2.75, 3.05) is 13.2 Å². The number of carbonyl (C=O) groups is 2. The molecule has 0 aromatic carbocycles. The molecule has 0 amide bonds. The zero-order valence-electron chi connectivity index (χ0n) is 30.0. The van der Waals surface area contributed by atoms with Crippen LogP contribution in [-0.4, -0.2) is 79.5 Å². The summed E-state index contributed by atoms with van der Waals surface area (Å²) in [5.74, 6) is -1.45. The van der Waals surface area contributed by atoms with Gasteiger partial charge in [0, 0.05) is 32.5 Å². The first-order valence-corrected chi connectivity index (χ1v) is 18.5. The number of thiol groups is 2. The Morgan fingerprint density at radius 1 is 0.896 bits per heavy atom. The summed E-state index contributed by atoms with van der Waals surface area (Å²) < 4.78 is 10.6. The van der Waals surface area contributed by atoms with Gasteiger partial charge in [-0.2, -0.15) is 25.3 Å². The number of fused-ring (bicyclic) bond motifs is 7. The Balaban J connectivity index is 1.56. The fraction of sp³-hybridized carbons (Fsp3) is 0.789. The van der Waals surface area contributed by atoms with Crippen LogP contribution in [0.2, 0.25) is 0 Å². The molecule has 0 bridgehead atoms.